The van der Waals surface area contributed by atoms with Gasteiger partial charge in [-0.1, -0.05) is 11.2 Å². The van der Waals surface area contributed by atoms with Crippen LogP contribution in [-0.4, -0.2) is 40.7 Å². The van der Waals surface area contributed by atoms with E-state index in [0.717, 1.165) is 0 Å². The normalized spacial score (nSPS) is 10.5. The van der Waals surface area contributed by atoms with Crippen molar-refractivity contribution in [2.45, 2.75) is 20.4 Å². The molecule has 6 heteroatoms. The minimum absolute atomic E-state index is 0.188. The van der Waals surface area contributed by atoms with Crippen molar-refractivity contribution in [1.29, 1.82) is 0 Å². The standard InChI is InChI=1S/C11H17N3O3/c1-4-6-14(8-11(15)16-5-2)7-10-12-9(3)17-13-10/h4H,1,5-8H2,2-3H3. The van der Waals surface area contributed by atoms with E-state index in [0.29, 0.717) is 31.4 Å². The number of rotatable bonds is 7. The molecular formula is C11H17N3O3. The number of carbonyl (C=O) groups is 1. The van der Waals surface area contributed by atoms with E-state index in [-0.39, 0.29) is 12.5 Å². The predicted molar refractivity (Wildman–Crippen MR) is 61.1 cm³/mol. The van der Waals surface area contributed by atoms with Gasteiger partial charge in [-0.05, 0) is 6.92 Å². The van der Waals surface area contributed by atoms with E-state index in [1.807, 2.05) is 4.90 Å². The van der Waals surface area contributed by atoms with Crippen LogP contribution in [0.5, 0.6) is 0 Å². The van der Waals surface area contributed by atoms with E-state index in [4.69, 9.17) is 9.26 Å². The van der Waals surface area contributed by atoms with Crippen LogP contribution >= 0.6 is 0 Å². The van der Waals surface area contributed by atoms with Crippen LogP contribution in [0.3, 0.4) is 0 Å². The van der Waals surface area contributed by atoms with Gasteiger partial charge in [-0.25, -0.2) is 0 Å². The lowest BCUT2D eigenvalue weighted by Crippen LogP contribution is -2.31. The molecule has 0 amide bonds. The summed E-state index contributed by atoms with van der Waals surface area (Å²) in [4.78, 5) is 17.3. The molecule has 0 spiro atoms. The van der Waals surface area contributed by atoms with Gasteiger partial charge in [0.2, 0.25) is 5.89 Å². The molecule has 0 aromatic carbocycles. The molecular weight excluding hydrogens is 222 g/mol. The third-order valence-electron chi connectivity index (χ3n) is 1.98. The van der Waals surface area contributed by atoms with E-state index in [1.165, 1.54) is 0 Å². The molecule has 0 aliphatic carbocycles. The third-order valence-corrected chi connectivity index (χ3v) is 1.98. The van der Waals surface area contributed by atoms with Gasteiger partial charge >= 0.3 is 5.97 Å². The van der Waals surface area contributed by atoms with Crippen LogP contribution in [0, 0.1) is 6.92 Å². The van der Waals surface area contributed by atoms with Crippen LogP contribution in [0.2, 0.25) is 0 Å². The minimum Gasteiger partial charge on any atom is -0.465 e. The molecule has 0 saturated heterocycles. The fraction of sp³-hybridized carbons (Fsp3) is 0.545. The molecule has 0 saturated carbocycles. The van der Waals surface area contributed by atoms with E-state index < -0.39 is 0 Å². The Morgan fingerprint density at radius 3 is 2.94 bits per heavy atom. The van der Waals surface area contributed by atoms with Crippen LogP contribution in [0.1, 0.15) is 18.6 Å². The van der Waals surface area contributed by atoms with Crippen LogP contribution < -0.4 is 0 Å². The zero-order valence-electron chi connectivity index (χ0n) is 10.2. The average molecular weight is 239 g/mol. The summed E-state index contributed by atoms with van der Waals surface area (Å²) in [5.74, 6) is 0.790. The second-order valence-electron chi connectivity index (χ2n) is 3.49. The first kappa shape index (κ1) is 13.4. The Hall–Kier alpha value is -1.69. The molecule has 0 unspecified atom stereocenters. The van der Waals surface area contributed by atoms with Crippen molar-refractivity contribution in [3.05, 3.63) is 24.4 Å². The lowest BCUT2D eigenvalue weighted by atomic mass is 10.4. The number of ether oxygens (including phenoxy) is 1. The van der Waals surface area contributed by atoms with Gasteiger partial charge in [0.1, 0.15) is 0 Å². The fourth-order valence-electron chi connectivity index (χ4n) is 1.36. The summed E-state index contributed by atoms with van der Waals surface area (Å²) in [6.45, 7) is 8.70. The molecule has 6 nitrogen and oxygen atoms in total. The van der Waals surface area contributed by atoms with Crippen molar-refractivity contribution in [3.8, 4) is 0 Å². The summed E-state index contributed by atoms with van der Waals surface area (Å²) in [6.07, 6.45) is 1.71. The van der Waals surface area contributed by atoms with Gasteiger partial charge in [0.15, 0.2) is 5.82 Å². The number of aromatic nitrogens is 2. The first-order chi connectivity index (χ1) is 8.15. The highest BCUT2D eigenvalue weighted by Crippen LogP contribution is 2.01. The highest BCUT2D eigenvalue weighted by Gasteiger charge is 2.13. The molecule has 94 valence electrons. The number of esters is 1. The highest BCUT2D eigenvalue weighted by molar-refractivity contribution is 5.71. The first-order valence-electron chi connectivity index (χ1n) is 5.43. The van der Waals surface area contributed by atoms with Crippen molar-refractivity contribution >= 4 is 5.97 Å². The summed E-state index contributed by atoms with van der Waals surface area (Å²) in [7, 11) is 0. The molecule has 0 aliphatic heterocycles. The molecule has 1 heterocycles. The molecule has 0 radical (unpaired) electrons. The molecule has 1 aromatic heterocycles. The van der Waals surface area contributed by atoms with Gasteiger partial charge in [-0.2, -0.15) is 4.98 Å². The maximum Gasteiger partial charge on any atom is 0.320 e. The Morgan fingerprint density at radius 1 is 1.65 bits per heavy atom. The van der Waals surface area contributed by atoms with Gasteiger partial charge in [0.05, 0.1) is 19.7 Å². The SMILES string of the molecule is C=CCN(CC(=O)OCC)Cc1noc(C)n1. The van der Waals surface area contributed by atoms with E-state index >= 15 is 0 Å². The molecule has 17 heavy (non-hydrogen) atoms. The van der Waals surface area contributed by atoms with Crippen LogP contribution in [0.25, 0.3) is 0 Å². The Balaban J connectivity index is 2.53. The predicted octanol–water partition coefficient (Wildman–Crippen LogP) is 0.929. The summed E-state index contributed by atoms with van der Waals surface area (Å²) < 4.78 is 9.75. The minimum atomic E-state index is -0.269. The second kappa shape index (κ2) is 6.80. The third kappa shape index (κ3) is 4.78. The monoisotopic (exact) mass is 239 g/mol. The number of hydrogen-bond donors (Lipinski definition) is 0. The van der Waals surface area contributed by atoms with Crippen molar-refractivity contribution < 1.29 is 14.1 Å². The Kier molecular flexibility index (Phi) is 5.35. The van der Waals surface area contributed by atoms with E-state index in [2.05, 4.69) is 16.7 Å². The zero-order chi connectivity index (χ0) is 12.7. The maximum atomic E-state index is 11.4. The van der Waals surface area contributed by atoms with Gasteiger partial charge in [-0.15, -0.1) is 6.58 Å². The molecule has 0 atom stereocenters. The molecule has 1 aromatic rings. The van der Waals surface area contributed by atoms with Gasteiger partial charge < -0.3 is 9.26 Å². The van der Waals surface area contributed by atoms with E-state index in [1.54, 1.807) is 19.9 Å². The number of hydrogen-bond acceptors (Lipinski definition) is 6. The average Bonchev–Trinajstić information content (AvgIpc) is 2.64. The molecule has 0 fully saturated rings. The smallest absolute Gasteiger partial charge is 0.320 e. The largest absolute Gasteiger partial charge is 0.465 e. The lowest BCUT2D eigenvalue weighted by Gasteiger charge is -2.17. The van der Waals surface area contributed by atoms with E-state index in [9.17, 15) is 4.79 Å². The zero-order valence-corrected chi connectivity index (χ0v) is 10.2. The Labute approximate surface area is 100 Å². The van der Waals surface area contributed by atoms with Crippen molar-refractivity contribution in [2.75, 3.05) is 19.7 Å². The lowest BCUT2D eigenvalue weighted by molar-refractivity contribution is -0.144. The molecule has 0 aliphatic rings. The number of carbonyl (C=O) groups excluding carboxylic acids is 1. The quantitative estimate of drug-likeness (QED) is 0.521. The number of aryl methyl sites for hydroxylation is 1. The fourth-order valence-corrected chi connectivity index (χ4v) is 1.36. The maximum absolute atomic E-state index is 11.4. The van der Waals surface area contributed by atoms with Crippen molar-refractivity contribution in [2.24, 2.45) is 0 Å². The topological polar surface area (TPSA) is 68.5 Å². The Morgan fingerprint density at radius 2 is 2.41 bits per heavy atom. The summed E-state index contributed by atoms with van der Waals surface area (Å²) >= 11 is 0. The van der Waals surface area contributed by atoms with Gasteiger partial charge in [0.25, 0.3) is 0 Å². The molecule has 1 rings (SSSR count). The van der Waals surface area contributed by atoms with Gasteiger partial charge in [-0.3, -0.25) is 9.69 Å². The first-order valence-corrected chi connectivity index (χ1v) is 5.43. The molecule has 0 bridgehead atoms. The number of nitrogens with zero attached hydrogens (tertiary/aromatic N) is 3. The highest BCUT2D eigenvalue weighted by atomic mass is 16.5. The van der Waals surface area contributed by atoms with Crippen LogP contribution in [0.4, 0.5) is 0 Å². The van der Waals surface area contributed by atoms with Crippen molar-refractivity contribution in [3.63, 3.8) is 0 Å². The van der Waals surface area contributed by atoms with Crippen LogP contribution in [-0.2, 0) is 16.1 Å². The van der Waals surface area contributed by atoms with Crippen LogP contribution in [0.15, 0.2) is 17.2 Å². The Bertz CT molecular complexity index is 376. The van der Waals surface area contributed by atoms with Crippen molar-refractivity contribution in [1.82, 2.24) is 15.0 Å². The summed E-state index contributed by atoms with van der Waals surface area (Å²) in [5.41, 5.74) is 0. The van der Waals surface area contributed by atoms with Gasteiger partial charge in [0, 0.05) is 13.5 Å². The molecule has 0 N–H and O–H groups in total. The summed E-state index contributed by atoms with van der Waals surface area (Å²) in [6, 6.07) is 0. The second-order valence-corrected chi connectivity index (χ2v) is 3.49. The summed E-state index contributed by atoms with van der Waals surface area (Å²) in [5, 5.41) is 3.78.